The van der Waals surface area contributed by atoms with Gasteiger partial charge in [0, 0.05) is 36.7 Å². The molecule has 1 aliphatic heterocycles. The number of aryl methyl sites for hydroxylation is 2. The highest BCUT2D eigenvalue weighted by atomic mass is 16.2. The van der Waals surface area contributed by atoms with Gasteiger partial charge in [0.05, 0.1) is 11.7 Å². The number of hydrogen-bond donors (Lipinski definition) is 1. The lowest BCUT2D eigenvalue weighted by Gasteiger charge is -2.30. The van der Waals surface area contributed by atoms with Crippen LogP contribution in [0.2, 0.25) is 0 Å². The standard InChI is InChI=1S/C17H24N6O/c1-11-15(12(2)22(4)21-11)14-7-5-10-23(14)13(3)16(24)20-17-18-8-6-9-19-17/h6,8-9,13-14H,5,7,10H2,1-4H3,(H,18,19,20,24)/t13-,14+/m1/s1. The van der Waals surface area contributed by atoms with Gasteiger partial charge < -0.3 is 0 Å². The first-order chi connectivity index (χ1) is 11.5. The number of nitrogens with zero attached hydrogens (tertiary/aromatic N) is 5. The van der Waals surface area contributed by atoms with Crippen molar-refractivity contribution in [3.8, 4) is 0 Å². The number of aromatic nitrogens is 4. The maximum absolute atomic E-state index is 12.6. The van der Waals surface area contributed by atoms with E-state index < -0.39 is 0 Å². The summed E-state index contributed by atoms with van der Waals surface area (Å²) in [6, 6.07) is 1.71. The second-order valence-corrected chi connectivity index (χ2v) is 6.34. The Bertz CT molecular complexity index is 726. The monoisotopic (exact) mass is 328 g/mol. The molecule has 128 valence electrons. The van der Waals surface area contributed by atoms with Gasteiger partial charge in [0.15, 0.2) is 0 Å². The Hall–Kier alpha value is -2.28. The van der Waals surface area contributed by atoms with E-state index in [0.29, 0.717) is 5.95 Å². The predicted molar refractivity (Wildman–Crippen MR) is 91.5 cm³/mol. The Morgan fingerprint density at radius 3 is 2.67 bits per heavy atom. The first-order valence-corrected chi connectivity index (χ1v) is 8.32. The van der Waals surface area contributed by atoms with Gasteiger partial charge in [0.1, 0.15) is 0 Å². The van der Waals surface area contributed by atoms with Gasteiger partial charge in [0.25, 0.3) is 0 Å². The third kappa shape index (κ3) is 3.03. The molecule has 7 heteroatoms. The number of carbonyl (C=O) groups is 1. The van der Waals surface area contributed by atoms with E-state index in [9.17, 15) is 4.79 Å². The number of amides is 1. The molecule has 0 spiro atoms. The van der Waals surface area contributed by atoms with Crippen LogP contribution in [0, 0.1) is 13.8 Å². The van der Waals surface area contributed by atoms with Crippen molar-refractivity contribution >= 4 is 11.9 Å². The van der Waals surface area contributed by atoms with Crippen LogP contribution in [0.3, 0.4) is 0 Å². The smallest absolute Gasteiger partial charge is 0.243 e. The SMILES string of the molecule is Cc1nn(C)c(C)c1[C@@H]1CCCN1[C@H](C)C(=O)Nc1ncccn1. The van der Waals surface area contributed by atoms with Crippen molar-refractivity contribution in [3.63, 3.8) is 0 Å². The van der Waals surface area contributed by atoms with E-state index in [1.165, 1.54) is 11.3 Å². The van der Waals surface area contributed by atoms with Crippen LogP contribution in [-0.2, 0) is 11.8 Å². The molecule has 2 aromatic rings. The van der Waals surface area contributed by atoms with E-state index in [-0.39, 0.29) is 18.0 Å². The van der Waals surface area contributed by atoms with E-state index in [1.54, 1.807) is 18.5 Å². The van der Waals surface area contributed by atoms with E-state index in [4.69, 9.17) is 0 Å². The average Bonchev–Trinajstić information content (AvgIpc) is 3.12. The van der Waals surface area contributed by atoms with Crippen LogP contribution in [0.25, 0.3) is 0 Å². The number of nitrogens with one attached hydrogen (secondary N) is 1. The van der Waals surface area contributed by atoms with Crippen LogP contribution < -0.4 is 5.32 Å². The molecule has 0 bridgehead atoms. The van der Waals surface area contributed by atoms with Crippen molar-refractivity contribution in [1.82, 2.24) is 24.6 Å². The van der Waals surface area contributed by atoms with Crippen molar-refractivity contribution in [1.29, 1.82) is 0 Å². The van der Waals surface area contributed by atoms with Gasteiger partial charge >= 0.3 is 0 Å². The zero-order valence-corrected chi connectivity index (χ0v) is 14.7. The highest BCUT2D eigenvalue weighted by molar-refractivity contribution is 5.93. The van der Waals surface area contributed by atoms with Gasteiger partial charge in [-0.15, -0.1) is 0 Å². The summed E-state index contributed by atoms with van der Waals surface area (Å²) in [7, 11) is 1.97. The molecule has 1 amide bonds. The second kappa shape index (κ2) is 6.68. The molecule has 2 aromatic heterocycles. The molecule has 0 radical (unpaired) electrons. The predicted octanol–water partition coefficient (Wildman–Crippen LogP) is 1.99. The van der Waals surface area contributed by atoms with Crippen LogP contribution in [0.15, 0.2) is 18.5 Å². The highest BCUT2D eigenvalue weighted by Gasteiger charge is 2.35. The van der Waals surface area contributed by atoms with Gasteiger partial charge in [-0.3, -0.25) is 19.7 Å². The Kier molecular flexibility index (Phi) is 4.62. The average molecular weight is 328 g/mol. The summed E-state index contributed by atoms with van der Waals surface area (Å²) in [4.78, 5) is 23.0. The van der Waals surface area contributed by atoms with E-state index in [1.807, 2.05) is 25.6 Å². The van der Waals surface area contributed by atoms with Crippen molar-refractivity contribution in [2.24, 2.45) is 7.05 Å². The van der Waals surface area contributed by atoms with Crippen molar-refractivity contribution in [2.75, 3.05) is 11.9 Å². The lowest BCUT2D eigenvalue weighted by Crippen LogP contribution is -2.42. The molecule has 0 saturated carbocycles. The fourth-order valence-electron chi connectivity index (χ4n) is 3.56. The van der Waals surface area contributed by atoms with Gasteiger partial charge in [-0.25, -0.2) is 9.97 Å². The molecule has 0 unspecified atom stereocenters. The molecule has 7 nitrogen and oxygen atoms in total. The quantitative estimate of drug-likeness (QED) is 0.929. The molecular formula is C17H24N6O. The van der Waals surface area contributed by atoms with Gasteiger partial charge in [-0.1, -0.05) is 0 Å². The molecule has 0 aromatic carbocycles. The molecule has 2 atom stereocenters. The van der Waals surface area contributed by atoms with Crippen molar-refractivity contribution in [3.05, 3.63) is 35.4 Å². The molecule has 24 heavy (non-hydrogen) atoms. The minimum absolute atomic E-state index is 0.0766. The van der Waals surface area contributed by atoms with Crippen molar-refractivity contribution in [2.45, 2.75) is 45.7 Å². The Morgan fingerprint density at radius 2 is 2.04 bits per heavy atom. The van der Waals surface area contributed by atoms with Gasteiger partial charge in [0.2, 0.25) is 11.9 Å². The lowest BCUT2D eigenvalue weighted by atomic mass is 10.0. The fraction of sp³-hybridized carbons (Fsp3) is 0.529. The normalized spacial score (nSPS) is 19.4. The Morgan fingerprint density at radius 1 is 1.33 bits per heavy atom. The Balaban J connectivity index is 1.78. The zero-order chi connectivity index (χ0) is 17.3. The van der Waals surface area contributed by atoms with Gasteiger partial charge in [-0.05, 0) is 46.2 Å². The number of carbonyl (C=O) groups excluding carboxylic acids is 1. The summed E-state index contributed by atoms with van der Waals surface area (Å²) in [6.45, 7) is 6.98. The minimum atomic E-state index is -0.250. The van der Waals surface area contributed by atoms with Crippen LogP contribution in [-0.4, -0.2) is 43.1 Å². The first-order valence-electron chi connectivity index (χ1n) is 8.32. The molecule has 1 saturated heterocycles. The maximum atomic E-state index is 12.6. The maximum Gasteiger partial charge on any atom is 0.243 e. The third-order valence-corrected chi connectivity index (χ3v) is 4.87. The highest BCUT2D eigenvalue weighted by Crippen LogP contribution is 2.36. The molecule has 1 N–H and O–H groups in total. The van der Waals surface area contributed by atoms with E-state index >= 15 is 0 Å². The van der Waals surface area contributed by atoms with Crippen LogP contribution in [0.5, 0.6) is 0 Å². The van der Waals surface area contributed by atoms with E-state index in [2.05, 4.69) is 32.2 Å². The largest absolute Gasteiger partial charge is 0.293 e. The lowest BCUT2D eigenvalue weighted by molar-refractivity contribution is -0.121. The summed E-state index contributed by atoms with van der Waals surface area (Å²) < 4.78 is 1.92. The molecule has 3 heterocycles. The Labute approximate surface area is 142 Å². The molecular weight excluding hydrogens is 304 g/mol. The van der Waals surface area contributed by atoms with E-state index in [0.717, 1.165) is 25.1 Å². The minimum Gasteiger partial charge on any atom is -0.293 e. The number of anilines is 1. The summed E-state index contributed by atoms with van der Waals surface area (Å²) >= 11 is 0. The third-order valence-electron chi connectivity index (χ3n) is 4.87. The molecule has 0 aliphatic carbocycles. The fourth-order valence-corrected chi connectivity index (χ4v) is 3.56. The molecule has 1 aliphatic rings. The summed E-state index contributed by atoms with van der Waals surface area (Å²) in [5.41, 5.74) is 3.47. The second-order valence-electron chi connectivity index (χ2n) is 6.34. The summed E-state index contributed by atoms with van der Waals surface area (Å²) in [6.07, 6.45) is 5.37. The summed E-state index contributed by atoms with van der Waals surface area (Å²) in [5.74, 6) is 0.270. The first kappa shape index (κ1) is 16.6. The zero-order valence-electron chi connectivity index (χ0n) is 14.7. The van der Waals surface area contributed by atoms with Gasteiger partial charge in [-0.2, -0.15) is 5.10 Å². The topological polar surface area (TPSA) is 75.9 Å². The molecule has 3 rings (SSSR count). The number of hydrogen-bond acceptors (Lipinski definition) is 5. The number of likely N-dealkylation sites (tertiary alicyclic amines) is 1. The number of rotatable bonds is 4. The van der Waals surface area contributed by atoms with Crippen LogP contribution in [0.1, 0.15) is 42.8 Å². The van der Waals surface area contributed by atoms with Crippen LogP contribution in [0.4, 0.5) is 5.95 Å². The van der Waals surface area contributed by atoms with Crippen molar-refractivity contribution < 1.29 is 4.79 Å². The van der Waals surface area contributed by atoms with Crippen LogP contribution >= 0.6 is 0 Å². The molecule has 1 fully saturated rings. The summed E-state index contributed by atoms with van der Waals surface area (Å²) in [5, 5.41) is 7.33.